The van der Waals surface area contributed by atoms with Gasteiger partial charge in [-0.25, -0.2) is 0 Å². The van der Waals surface area contributed by atoms with Gasteiger partial charge in [-0.2, -0.15) is 5.10 Å². The summed E-state index contributed by atoms with van der Waals surface area (Å²) < 4.78 is 7.34. The van der Waals surface area contributed by atoms with Crippen LogP contribution in [0.2, 0.25) is 5.02 Å². The van der Waals surface area contributed by atoms with Gasteiger partial charge in [-0.3, -0.25) is 4.68 Å². The largest absolute Gasteiger partial charge is 0.381 e. The molecule has 0 bridgehead atoms. The van der Waals surface area contributed by atoms with Gasteiger partial charge >= 0.3 is 0 Å². The van der Waals surface area contributed by atoms with E-state index in [0.717, 1.165) is 68.0 Å². The van der Waals surface area contributed by atoms with Crippen LogP contribution in [0.25, 0.3) is 0 Å². The lowest BCUT2D eigenvalue weighted by molar-refractivity contribution is 0.0662. The molecule has 0 unspecified atom stereocenters. The Bertz CT molecular complexity index is 386. The second kappa shape index (κ2) is 6.55. The van der Waals surface area contributed by atoms with Crippen molar-refractivity contribution in [1.82, 2.24) is 15.1 Å². The molecule has 1 fully saturated rings. The van der Waals surface area contributed by atoms with Gasteiger partial charge in [0.05, 0.1) is 16.4 Å². The molecule has 1 aromatic heterocycles. The summed E-state index contributed by atoms with van der Waals surface area (Å²) in [5.41, 5.74) is 2.02. The zero-order valence-electron chi connectivity index (χ0n) is 11.2. The average molecular weight is 272 g/mol. The second-order valence-corrected chi connectivity index (χ2v) is 5.23. The van der Waals surface area contributed by atoms with Crippen LogP contribution < -0.4 is 5.32 Å². The van der Waals surface area contributed by atoms with Crippen molar-refractivity contribution >= 4 is 11.6 Å². The first-order valence-corrected chi connectivity index (χ1v) is 7.10. The van der Waals surface area contributed by atoms with Crippen molar-refractivity contribution in [3.63, 3.8) is 0 Å². The van der Waals surface area contributed by atoms with E-state index in [9.17, 15) is 0 Å². The minimum absolute atomic E-state index is 0.733. The van der Waals surface area contributed by atoms with E-state index >= 15 is 0 Å². The summed E-state index contributed by atoms with van der Waals surface area (Å²) in [6.07, 6.45) is 2.32. The quantitative estimate of drug-likeness (QED) is 0.894. The van der Waals surface area contributed by atoms with E-state index in [0.29, 0.717) is 0 Å². The molecule has 0 aromatic carbocycles. The van der Waals surface area contributed by atoms with Crippen LogP contribution in [0.3, 0.4) is 0 Å². The molecule has 0 amide bonds. The topological polar surface area (TPSA) is 39.1 Å². The Kier molecular flexibility index (Phi) is 5.03. The SMILES string of the molecule is CCn1nc(C)c(Cl)c1CNCC1CCOCC1. The molecule has 5 heteroatoms. The molecule has 1 aliphatic rings. The van der Waals surface area contributed by atoms with E-state index in [1.165, 1.54) is 0 Å². The smallest absolute Gasteiger partial charge is 0.0860 e. The van der Waals surface area contributed by atoms with Crippen molar-refractivity contribution in [2.75, 3.05) is 19.8 Å². The Hall–Kier alpha value is -0.580. The number of ether oxygens (including phenoxy) is 1. The lowest BCUT2D eigenvalue weighted by Crippen LogP contribution is -2.28. The summed E-state index contributed by atoms with van der Waals surface area (Å²) in [7, 11) is 0. The molecule has 0 radical (unpaired) electrons. The zero-order valence-corrected chi connectivity index (χ0v) is 12.0. The fourth-order valence-corrected chi connectivity index (χ4v) is 2.59. The van der Waals surface area contributed by atoms with Crippen molar-refractivity contribution in [3.8, 4) is 0 Å². The molecule has 18 heavy (non-hydrogen) atoms. The first kappa shape index (κ1) is 13.8. The van der Waals surface area contributed by atoms with Crippen molar-refractivity contribution < 1.29 is 4.74 Å². The second-order valence-electron chi connectivity index (χ2n) is 4.85. The van der Waals surface area contributed by atoms with E-state index in [1.54, 1.807) is 0 Å². The van der Waals surface area contributed by atoms with E-state index < -0.39 is 0 Å². The van der Waals surface area contributed by atoms with Crippen molar-refractivity contribution in [2.24, 2.45) is 5.92 Å². The molecule has 4 nitrogen and oxygen atoms in total. The Morgan fingerprint density at radius 2 is 2.17 bits per heavy atom. The number of nitrogens with one attached hydrogen (secondary N) is 1. The fourth-order valence-electron chi connectivity index (χ4n) is 2.38. The molecule has 2 heterocycles. The minimum Gasteiger partial charge on any atom is -0.381 e. The van der Waals surface area contributed by atoms with E-state index in [4.69, 9.17) is 16.3 Å². The molecule has 1 aromatic rings. The molecule has 0 aliphatic carbocycles. The Morgan fingerprint density at radius 1 is 1.44 bits per heavy atom. The number of hydrogen-bond donors (Lipinski definition) is 1. The molecule has 102 valence electrons. The highest BCUT2D eigenvalue weighted by Crippen LogP contribution is 2.20. The summed E-state index contributed by atoms with van der Waals surface area (Å²) in [5.74, 6) is 0.733. The van der Waals surface area contributed by atoms with Gasteiger partial charge in [-0.05, 0) is 39.2 Å². The number of hydrogen-bond acceptors (Lipinski definition) is 3. The monoisotopic (exact) mass is 271 g/mol. The zero-order chi connectivity index (χ0) is 13.0. The standard InChI is InChI=1S/C13H22ClN3O/c1-3-17-12(13(14)10(2)16-17)9-15-8-11-4-6-18-7-5-11/h11,15H,3-9H2,1-2H3. The highest BCUT2D eigenvalue weighted by atomic mass is 35.5. The van der Waals surface area contributed by atoms with E-state index in [-0.39, 0.29) is 0 Å². The molecule has 0 spiro atoms. The van der Waals surface area contributed by atoms with Crippen LogP contribution in [0.4, 0.5) is 0 Å². The van der Waals surface area contributed by atoms with E-state index in [2.05, 4.69) is 17.3 Å². The molecular weight excluding hydrogens is 250 g/mol. The molecular formula is C13H22ClN3O. The predicted octanol–water partition coefficient (Wildman–Crippen LogP) is 2.38. The molecule has 0 saturated carbocycles. The predicted molar refractivity (Wildman–Crippen MR) is 72.9 cm³/mol. The van der Waals surface area contributed by atoms with Crippen LogP contribution in [0.1, 0.15) is 31.2 Å². The van der Waals surface area contributed by atoms with Crippen LogP contribution in [-0.4, -0.2) is 29.5 Å². The number of rotatable bonds is 5. The third kappa shape index (κ3) is 3.25. The van der Waals surface area contributed by atoms with Gasteiger partial charge in [0, 0.05) is 26.3 Å². The highest BCUT2D eigenvalue weighted by Gasteiger charge is 2.15. The van der Waals surface area contributed by atoms with Gasteiger partial charge in [-0.1, -0.05) is 11.6 Å². The number of halogens is 1. The van der Waals surface area contributed by atoms with Gasteiger partial charge in [0.25, 0.3) is 0 Å². The highest BCUT2D eigenvalue weighted by molar-refractivity contribution is 6.31. The summed E-state index contributed by atoms with van der Waals surface area (Å²) in [5, 5.41) is 8.72. The lowest BCUT2D eigenvalue weighted by Gasteiger charge is -2.22. The maximum Gasteiger partial charge on any atom is 0.0860 e. The molecule has 1 N–H and O–H groups in total. The van der Waals surface area contributed by atoms with Crippen LogP contribution in [0.15, 0.2) is 0 Å². The first-order valence-electron chi connectivity index (χ1n) is 6.72. The summed E-state index contributed by atoms with van der Waals surface area (Å²) in [6, 6.07) is 0. The van der Waals surface area contributed by atoms with Gasteiger partial charge in [0.2, 0.25) is 0 Å². The van der Waals surface area contributed by atoms with Gasteiger partial charge in [0.1, 0.15) is 0 Å². The third-order valence-corrected chi connectivity index (χ3v) is 4.01. The summed E-state index contributed by atoms with van der Waals surface area (Å²) in [4.78, 5) is 0. The molecule has 1 aliphatic heterocycles. The molecule has 1 saturated heterocycles. The van der Waals surface area contributed by atoms with E-state index in [1.807, 2.05) is 11.6 Å². The minimum atomic E-state index is 0.733. The summed E-state index contributed by atoms with van der Waals surface area (Å²) >= 11 is 6.27. The fraction of sp³-hybridized carbons (Fsp3) is 0.769. The lowest BCUT2D eigenvalue weighted by atomic mass is 10.0. The van der Waals surface area contributed by atoms with Gasteiger partial charge in [-0.15, -0.1) is 0 Å². The Balaban J connectivity index is 1.85. The van der Waals surface area contributed by atoms with Gasteiger partial charge in [0.15, 0.2) is 0 Å². The maximum absolute atomic E-state index is 6.27. The number of aromatic nitrogens is 2. The van der Waals surface area contributed by atoms with Crippen LogP contribution in [-0.2, 0) is 17.8 Å². The summed E-state index contributed by atoms with van der Waals surface area (Å²) in [6.45, 7) is 8.54. The Morgan fingerprint density at radius 3 is 2.83 bits per heavy atom. The maximum atomic E-state index is 6.27. The van der Waals surface area contributed by atoms with Crippen molar-refractivity contribution in [2.45, 2.75) is 39.8 Å². The van der Waals surface area contributed by atoms with Crippen LogP contribution in [0.5, 0.6) is 0 Å². The van der Waals surface area contributed by atoms with Crippen molar-refractivity contribution in [1.29, 1.82) is 0 Å². The molecule has 2 rings (SSSR count). The van der Waals surface area contributed by atoms with Crippen molar-refractivity contribution in [3.05, 3.63) is 16.4 Å². The molecule has 0 atom stereocenters. The van der Waals surface area contributed by atoms with Gasteiger partial charge < -0.3 is 10.1 Å². The third-order valence-electron chi connectivity index (χ3n) is 3.52. The number of aryl methyl sites for hydroxylation is 2. The number of nitrogens with zero attached hydrogens (tertiary/aromatic N) is 2. The Labute approximate surface area is 114 Å². The van der Waals surface area contributed by atoms with Crippen LogP contribution in [0, 0.1) is 12.8 Å². The first-order chi connectivity index (χ1) is 8.72. The average Bonchev–Trinajstić information content (AvgIpc) is 2.67. The normalized spacial score (nSPS) is 17.3. The van der Waals surface area contributed by atoms with Crippen LogP contribution >= 0.6 is 11.6 Å².